The van der Waals surface area contributed by atoms with Gasteiger partial charge in [0.1, 0.15) is 0 Å². The summed E-state index contributed by atoms with van der Waals surface area (Å²) in [6.07, 6.45) is 0.875. The summed E-state index contributed by atoms with van der Waals surface area (Å²) < 4.78 is 0. The lowest BCUT2D eigenvalue weighted by Gasteiger charge is -2.21. The van der Waals surface area contributed by atoms with E-state index in [2.05, 4.69) is 10.2 Å². The van der Waals surface area contributed by atoms with Gasteiger partial charge in [-0.25, -0.2) is 0 Å². The zero-order valence-electron chi connectivity index (χ0n) is 12.4. The van der Waals surface area contributed by atoms with E-state index in [9.17, 15) is 4.79 Å². The molecule has 0 aromatic heterocycles. The summed E-state index contributed by atoms with van der Waals surface area (Å²) in [6.45, 7) is 2.50. The number of hydrogen-bond donors (Lipinski definition) is 1. The zero-order chi connectivity index (χ0) is 14.3. The predicted octanol–water partition coefficient (Wildman–Crippen LogP) is 1.08. The molecule has 0 saturated carbocycles. The highest BCUT2D eigenvalue weighted by atomic mass is 16.2. The van der Waals surface area contributed by atoms with Crippen LogP contribution in [0.4, 0.5) is 0 Å². The van der Waals surface area contributed by atoms with Crippen LogP contribution in [-0.4, -0.2) is 63.5 Å². The summed E-state index contributed by atoms with van der Waals surface area (Å²) in [5.74, 6) is 0.105. The van der Waals surface area contributed by atoms with Crippen LogP contribution < -0.4 is 5.32 Å². The number of carbonyl (C=O) groups is 1. The van der Waals surface area contributed by atoms with Gasteiger partial charge in [-0.1, -0.05) is 18.2 Å². The maximum atomic E-state index is 12.4. The lowest BCUT2D eigenvalue weighted by molar-refractivity contribution is 0.0785. The van der Waals surface area contributed by atoms with Crippen molar-refractivity contribution in [1.82, 2.24) is 15.1 Å². The van der Waals surface area contributed by atoms with Gasteiger partial charge in [0.2, 0.25) is 0 Å². The third-order valence-corrected chi connectivity index (χ3v) is 3.12. The van der Waals surface area contributed by atoms with Gasteiger partial charge in [-0.3, -0.25) is 4.79 Å². The molecule has 1 N–H and O–H groups in total. The van der Waals surface area contributed by atoms with Crippen molar-refractivity contribution in [3.8, 4) is 0 Å². The number of benzene rings is 1. The smallest absolute Gasteiger partial charge is 0.253 e. The Hall–Kier alpha value is -1.39. The number of nitrogens with zero attached hydrogens (tertiary/aromatic N) is 2. The van der Waals surface area contributed by atoms with E-state index in [1.807, 2.05) is 52.5 Å². The van der Waals surface area contributed by atoms with Crippen LogP contribution in [-0.2, 0) is 6.42 Å². The molecule has 1 rings (SSSR count). The topological polar surface area (TPSA) is 35.6 Å². The molecule has 0 fully saturated rings. The Kier molecular flexibility index (Phi) is 6.53. The van der Waals surface area contributed by atoms with Gasteiger partial charge >= 0.3 is 0 Å². The van der Waals surface area contributed by atoms with E-state index in [0.29, 0.717) is 0 Å². The Labute approximate surface area is 116 Å². The second-order valence-electron chi connectivity index (χ2n) is 5.04. The standard InChI is InChI=1S/C15H25N3O/c1-16-10-9-13-7-5-6-8-14(13)15(19)18(4)12-11-17(2)3/h5-8,16H,9-12H2,1-4H3. The van der Waals surface area contributed by atoms with Crippen molar-refractivity contribution in [3.63, 3.8) is 0 Å². The van der Waals surface area contributed by atoms with Crippen LogP contribution >= 0.6 is 0 Å². The molecule has 0 spiro atoms. The quantitative estimate of drug-likeness (QED) is 0.799. The second-order valence-corrected chi connectivity index (χ2v) is 5.04. The first-order chi connectivity index (χ1) is 9.06. The van der Waals surface area contributed by atoms with E-state index in [1.165, 1.54) is 0 Å². The minimum absolute atomic E-state index is 0.105. The van der Waals surface area contributed by atoms with Crippen molar-refractivity contribution >= 4 is 5.91 Å². The lowest BCUT2D eigenvalue weighted by atomic mass is 10.0. The van der Waals surface area contributed by atoms with E-state index in [-0.39, 0.29) is 5.91 Å². The molecule has 1 aromatic carbocycles. The van der Waals surface area contributed by atoms with Gasteiger partial charge < -0.3 is 15.1 Å². The number of nitrogens with one attached hydrogen (secondary N) is 1. The number of rotatable bonds is 7. The van der Waals surface area contributed by atoms with E-state index >= 15 is 0 Å². The van der Waals surface area contributed by atoms with Crippen LogP contribution in [0.1, 0.15) is 15.9 Å². The first kappa shape index (κ1) is 15.7. The van der Waals surface area contributed by atoms with Crippen molar-refractivity contribution in [2.75, 3.05) is 47.8 Å². The Morgan fingerprint density at radius 3 is 2.47 bits per heavy atom. The summed E-state index contributed by atoms with van der Waals surface area (Å²) in [5, 5.41) is 3.12. The molecule has 1 aromatic rings. The van der Waals surface area contributed by atoms with Crippen molar-refractivity contribution in [1.29, 1.82) is 0 Å². The molecule has 0 radical (unpaired) electrons. The molecule has 0 heterocycles. The molecule has 0 bridgehead atoms. The predicted molar refractivity (Wildman–Crippen MR) is 79.6 cm³/mol. The molecule has 0 aliphatic carbocycles. The minimum atomic E-state index is 0.105. The van der Waals surface area contributed by atoms with Crippen molar-refractivity contribution in [2.24, 2.45) is 0 Å². The fraction of sp³-hybridized carbons (Fsp3) is 0.533. The number of likely N-dealkylation sites (N-methyl/N-ethyl adjacent to an activating group) is 3. The monoisotopic (exact) mass is 263 g/mol. The highest BCUT2D eigenvalue weighted by molar-refractivity contribution is 5.95. The summed E-state index contributed by atoms with van der Waals surface area (Å²) in [4.78, 5) is 16.3. The van der Waals surface area contributed by atoms with E-state index in [0.717, 1.165) is 37.2 Å². The molecule has 106 valence electrons. The molecule has 0 saturated heterocycles. The molecule has 0 aliphatic heterocycles. The molecule has 4 nitrogen and oxygen atoms in total. The maximum Gasteiger partial charge on any atom is 0.253 e. The Bertz CT molecular complexity index is 404. The highest BCUT2D eigenvalue weighted by Gasteiger charge is 2.14. The van der Waals surface area contributed by atoms with Crippen LogP contribution in [0.3, 0.4) is 0 Å². The van der Waals surface area contributed by atoms with Gasteiger partial charge in [0.25, 0.3) is 5.91 Å². The summed E-state index contributed by atoms with van der Waals surface area (Å²) in [6, 6.07) is 7.86. The first-order valence-corrected chi connectivity index (χ1v) is 6.69. The van der Waals surface area contributed by atoms with E-state index in [1.54, 1.807) is 4.90 Å². The number of amides is 1. The summed E-state index contributed by atoms with van der Waals surface area (Å²) in [5.41, 5.74) is 1.93. The fourth-order valence-corrected chi connectivity index (χ4v) is 1.86. The lowest BCUT2D eigenvalue weighted by Crippen LogP contribution is -2.34. The van der Waals surface area contributed by atoms with Gasteiger partial charge in [0, 0.05) is 25.7 Å². The summed E-state index contributed by atoms with van der Waals surface area (Å²) in [7, 11) is 7.81. The van der Waals surface area contributed by atoms with Crippen molar-refractivity contribution < 1.29 is 4.79 Å². The molecule has 0 unspecified atom stereocenters. The van der Waals surface area contributed by atoms with E-state index < -0.39 is 0 Å². The van der Waals surface area contributed by atoms with Crippen LogP contribution in [0.2, 0.25) is 0 Å². The van der Waals surface area contributed by atoms with Crippen LogP contribution in [0.5, 0.6) is 0 Å². The molecule has 0 atom stereocenters. The molecule has 4 heteroatoms. The first-order valence-electron chi connectivity index (χ1n) is 6.69. The van der Waals surface area contributed by atoms with Crippen molar-refractivity contribution in [3.05, 3.63) is 35.4 Å². The summed E-state index contributed by atoms with van der Waals surface area (Å²) >= 11 is 0. The van der Waals surface area contributed by atoms with Crippen LogP contribution in [0.15, 0.2) is 24.3 Å². The average Bonchev–Trinajstić information content (AvgIpc) is 2.42. The molecule has 1 amide bonds. The van der Waals surface area contributed by atoms with Gasteiger partial charge in [0.05, 0.1) is 0 Å². The Morgan fingerprint density at radius 2 is 1.84 bits per heavy atom. The molecule has 0 aliphatic rings. The fourth-order valence-electron chi connectivity index (χ4n) is 1.86. The molecular formula is C15H25N3O. The Balaban J connectivity index is 2.74. The van der Waals surface area contributed by atoms with Gasteiger partial charge in [-0.2, -0.15) is 0 Å². The normalized spacial score (nSPS) is 10.8. The molecule has 19 heavy (non-hydrogen) atoms. The van der Waals surface area contributed by atoms with Crippen LogP contribution in [0, 0.1) is 0 Å². The van der Waals surface area contributed by atoms with Crippen LogP contribution in [0.25, 0.3) is 0 Å². The number of carbonyl (C=O) groups excluding carboxylic acids is 1. The average molecular weight is 263 g/mol. The van der Waals surface area contributed by atoms with Gasteiger partial charge in [-0.15, -0.1) is 0 Å². The third kappa shape index (κ3) is 5.01. The van der Waals surface area contributed by atoms with Crippen molar-refractivity contribution in [2.45, 2.75) is 6.42 Å². The minimum Gasteiger partial charge on any atom is -0.340 e. The highest BCUT2D eigenvalue weighted by Crippen LogP contribution is 2.11. The third-order valence-electron chi connectivity index (χ3n) is 3.12. The Morgan fingerprint density at radius 1 is 1.16 bits per heavy atom. The van der Waals surface area contributed by atoms with Gasteiger partial charge in [-0.05, 0) is 45.7 Å². The largest absolute Gasteiger partial charge is 0.340 e. The molecular weight excluding hydrogens is 238 g/mol. The van der Waals surface area contributed by atoms with Gasteiger partial charge in [0.15, 0.2) is 0 Å². The zero-order valence-corrected chi connectivity index (χ0v) is 12.4. The SMILES string of the molecule is CNCCc1ccccc1C(=O)N(C)CCN(C)C. The van der Waals surface area contributed by atoms with E-state index in [4.69, 9.17) is 0 Å². The maximum absolute atomic E-state index is 12.4. The second kappa shape index (κ2) is 7.92. The number of hydrogen-bond acceptors (Lipinski definition) is 3.